The van der Waals surface area contributed by atoms with Crippen LogP contribution >= 0.6 is 0 Å². The molecule has 4 rings (SSSR count). The molecule has 2 amide bonds. The molecule has 0 spiro atoms. The number of hydrogen-bond acceptors (Lipinski definition) is 5. The van der Waals surface area contributed by atoms with Crippen molar-refractivity contribution in [3.05, 3.63) is 95.7 Å². The monoisotopic (exact) mass is 456 g/mol. The molecule has 6 nitrogen and oxygen atoms in total. The number of methoxy groups -OCH3 is 1. The molecule has 0 aromatic heterocycles. The maximum atomic E-state index is 13.7. The molecule has 1 heterocycles. The third-order valence-corrected chi connectivity index (χ3v) is 5.54. The van der Waals surface area contributed by atoms with E-state index < -0.39 is 0 Å². The molecule has 3 aromatic rings. The van der Waals surface area contributed by atoms with E-state index in [0.717, 1.165) is 5.56 Å². The summed E-state index contributed by atoms with van der Waals surface area (Å²) in [4.78, 5) is 30.5. The van der Waals surface area contributed by atoms with Crippen molar-refractivity contribution in [1.29, 1.82) is 0 Å². The first kappa shape index (κ1) is 23.1. The Morgan fingerprint density at radius 3 is 2.15 bits per heavy atom. The smallest absolute Gasteiger partial charge is 0.282 e. The highest BCUT2D eigenvalue weighted by molar-refractivity contribution is 6.45. The van der Waals surface area contributed by atoms with E-state index in [-0.39, 0.29) is 17.9 Å². The van der Waals surface area contributed by atoms with Crippen LogP contribution in [0.1, 0.15) is 25.0 Å². The molecule has 0 radical (unpaired) electrons. The van der Waals surface area contributed by atoms with E-state index >= 15 is 0 Å². The Kier molecular flexibility index (Phi) is 6.68. The SMILES string of the molecule is COc1ccccc1N1C(=O)C(c2ccc(OC(C)C)cc2)=C(N(C)Cc2ccccc2)C1=O. The Balaban J connectivity index is 1.79. The quantitative estimate of drug-likeness (QED) is 0.451. The highest BCUT2D eigenvalue weighted by Gasteiger charge is 2.42. The molecule has 0 saturated heterocycles. The van der Waals surface area contributed by atoms with Gasteiger partial charge in [0.25, 0.3) is 11.8 Å². The van der Waals surface area contributed by atoms with Crippen LogP contribution in [0, 0.1) is 0 Å². The number of para-hydroxylation sites is 2. The number of anilines is 1. The Morgan fingerprint density at radius 1 is 0.853 bits per heavy atom. The van der Waals surface area contributed by atoms with Crippen LogP contribution in [0.2, 0.25) is 0 Å². The van der Waals surface area contributed by atoms with Gasteiger partial charge in [0.15, 0.2) is 0 Å². The van der Waals surface area contributed by atoms with E-state index in [2.05, 4.69) is 0 Å². The van der Waals surface area contributed by atoms with Crippen molar-refractivity contribution in [3.63, 3.8) is 0 Å². The Morgan fingerprint density at radius 2 is 1.50 bits per heavy atom. The second-order valence-electron chi connectivity index (χ2n) is 8.37. The van der Waals surface area contributed by atoms with Gasteiger partial charge in [0.2, 0.25) is 0 Å². The first-order chi connectivity index (χ1) is 16.4. The second-order valence-corrected chi connectivity index (χ2v) is 8.37. The summed E-state index contributed by atoms with van der Waals surface area (Å²) in [6.07, 6.45) is 0.0355. The van der Waals surface area contributed by atoms with Gasteiger partial charge in [-0.2, -0.15) is 0 Å². The standard InChI is InChI=1S/C28H28N2O4/c1-19(2)34-22-16-14-21(15-17-22)25-26(29(3)18-20-10-6-5-7-11-20)28(32)30(27(25)31)23-12-8-9-13-24(23)33-4/h5-17,19H,18H2,1-4H3. The number of imide groups is 1. The molecule has 0 fully saturated rings. The first-order valence-electron chi connectivity index (χ1n) is 11.2. The van der Waals surface area contributed by atoms with E-state index in [1.54, 1.807) is 24.3 Å². The highest BCUT2D eigenvalue weighted by Crippen LogP contribution is 2.38. The van der Waals surface area contributed by atoms with Crippen molar-refractivity contribution in [2.24, 2.45) is 0 Å². The van der Waals surface area contributed by atoms with Gasteiger partial charge < -0.3 is 14.4 Å². The number of benzene rings is 3. The normalized spacial score (nSPS) is 13.6. The van der Waals surface area contributed by atoms with E-state index in [1.807, 2.05) is 80.4 Å². The number of amides is 2. The molecule has 0 unspecified atom stereocenters. The van der Waals surface area contributed by atoms with Crippen LogP contribution in [-0.4, -0.2) is 37.0 Å². The fourth-order valence-electron chi connectivity index (χ4n) is 4.07. The number of carbonyl (C=O) groups excluding carboxylic acids is 2. The third-order valence-electron chi connectivity index (χ3n) is 5.54. The molecule has 1 aliphatic heterocycles. The van der Waals surface area contributed by atoms with Crippen LogP contribution in [0.25, 0.3) is 5.57 Å². The molecule has 0 aliphatic carbocycles. The summed E-state index contributed by atoms with van der Waals surface area (Å²) in [6, 6.07) is 24.2. The summed E-state index contributed by atoms with van der Waals surface area (Å²) < 4.78 is 11.2. The minimum atomic E-state index is -0.387. The molecule has 0 atom stereocenters. The molecule has 0 N–H and O–H groups in total. The van der Waals surface area contributed by atoms with Gasteiger partial charge in [-0.3, -0.25) is 9.59 Å². The van der Waals surface area contributed by atoms with E-state index in [1.165, 1.54) is 12.0 Å². The summed E-state index contributed by atoms with van der Waals surface area (Å²) >= 11 is 0. The van der Waals surface area contributed by atoms with Gasteiger partial charge in [0.05, 0.1) is 24.5 Å². The molecule has 0 saturated carbocycles. The lowest BCUT2D eigenvalue weighted by molar-refractivity contribution is -0.120. The van der Waals surface area contributed by atoms with Crippen molar-refractivity contribution >= 4 is 23.1 Å². The van der Waals surface area contributed by atoms with Gasteiger partial charge in [-0.05, 0) is 49.2 Å². The number of likely N-dealkylation sites (N-methyl/N-ethyl adjacent to an activating group) is 1. The zero-order valence-electron chi connectivity index (χ0n) is 19.8. The van der Waals surface area contributed by atoms with Crippen LogP contribution in [0.3, 0.4) is 0 Å². The van der Waals surface area contributed by atoms with Crippen molar-refractivity contribution < 1.29 is 19.1 Å². The summed E-state index contributed by atoms with van der Waals surface area (Å²) in [5.74, 6) is 0.389. The van der Waals surface area contributed by atoms with Gasteiger partial charge in [-0.25, -0.2) is 4.90 Å². The summed E-state index contributed by atoms with van der Waals surface area (Å²) in [5.41, 5.74) is 2.80. The molecule has 0 bridgehead atoms. The summed E-state index contributed by atoms with van der Waals surface area (Å²) in [7, 11) is 3.35. The molecule has 1 aliphatic rings. The average Bonchev–Trinajstić information content (AvgIpc) is 3.09. The fraction of sp³-hybridized carbons (Fsp3) is 0.214. The number of hydrogen-bond donors (Lipinski definition) is 0. The average molecular weight is 457 g/mol. The van der Waals surface area contributed by atoms with Gasteiger partial charge in [0, 0.05) is 13.6 Å². The summed E-state index contributed by atoms with van der Waals surface area (Å²) in [6.45, 7) is 4.39. The van der Waals surface area contributed by atoms with E-state index in [0.29, 0.717) is 40.6 Å². The van der Waals surface area contributed by atoms with Gasteiger partial charge in [-0.15, -0.1) is 0 Å². The van der Waals surface area contributed by atoms with Crippen molar-refractivity contribution in [2.45, 2.75) is 26.5 Å². The molecule has 3 aromatic carbocycles. The zero-order valence-corrected chi connectivity index (χ0v) is 19.8. The molecular weight excluding hydrogens is 428 g/mol. The molecule has 174 valence electrons. The van der Waals surface area contributed by atoms with Crippen LogP contribution in [0.4, 0.5) is 5.69 Å². The number of nitrogens with zero attached hydrogens (tertiary/aromatic N) is 2. The van der Waals surface area contributed by atoms with Crippen LogP contribution < -0.4 is 14.4 Å². The van der Waals surface area contributed by atoms with Gasteiger partial charge in [-0.1, -0.05) is 54.6 Å². The highest BCUT2D eigenvalue weighted by atomic mass is 16.5. The molecule has 34 heavy (non-hydrogen) atoms. The van der Waals surface area contributed by atoms with Crippen LogP contribution in [0.5, 0.6) is 11.5 Å². The van der Waals surface area contributed by atoms with Crippen LogP contribution in [-0.2, 0) is 16.1 Å². The van der Waals surface area contributed by atoms with Crippen molar-refractivity contribution in [3.8, 4) is 11.5 Å². The third kappa shape index (κ3) is 4.53. The lowest BCUT2D eigenvalue weighted by Crippen LogP contribution is -2.34. The predicted octanol–water partition coefficient (Wildman–Crippen LogP) is 4.90. The summed E-state index contributed by atoms with van der Waals surface area (Å²) in [5, 5.41) is 0. The Hall–Kier alpha value is -4.06. The fourth-order valence-corrected chi connectivity index (χ4v) is 4.07. The van der Waals surface area contributed by atoms with Crippen molar-refractivity contribution in [1.82, 2.24) is 4.90 Å². The minimum Gasteiger partial charge on any atom is -0.495 e. The lowest BCUT2D eigenvalue weighted by Gasteiger charge is -2.22. The maximum Gasteiger partial charge on any atom is 0.282 e. The maximum absolute atomic E-state index is 13.7. The number of ether oxygens (including phenoxy) is 2. The number of rotatable bonds is 8. The largest absolute Gasteiger partial charge is 0.495 e. The Bertz CT molecular complexity index is 1220. The predicted molar refractivity (Wildman–Crippen MR) is 133 cm³/mol. The molecule has 6 heteroatoms. The van der Waals surface area contributed by atoms with E-state index in [9.17, 15) is 9.59 Å². The van der Waals surface area contributed by atoms with Crippen molar-refractivity contribution in [2.75, 3.05) is 19.1 Å². The lowest BCUT2D eigenvalue weighted by atomic mass is 10.0. The minimum absolute atomic E-state index is 0.0355. The second kappa shape index (κ2) is 9.83. The topological polar surface area (TPSA) is 59.1 Å². The van der Waals surface area contributed by atoms with Crippen LogP contribution in [0.15, 0.2) is 84.6 Å². The molecular formula is C28H28N2O4. The zero-order chi connectivity index (χ0) is 24.2. The Labute approximate surface area is 200 Å². The van der Waals surface area contributed by atoms with E-state index in [4.69, 9.17) is 9.47 Å². The first-order valence-corrected chi connectivity index (χ1v) is 11.2. The van der Waals surface area contributed by atoms with Gasteiger partial charge in [0.1, 0.15) is 17.2 Å². The number of carbonyl (C=O) groups is 2. The van der Waals surface area contributed by atoms with Gasteiger partial charge >= 0.3 is 0 Å².